The molecule has 0 spiro atoms. The highest BCUT2D eigenvalue weighted by Gasteiger charge is 2.24. The van der Waals surface area contributed by atoms with E-state index in [2.05, 4.69) is 43.0 Å². The fourth-order valence-electron chi connectivity index (χ4n) is 1.75. The van der Waals surface area contributed by atoms with E-state index in [0.717, 1.165) is 6.42 Å². The molecule has 0 aliphatic rings. The maximum absolute atomic E-state index is 11.3. The van der Waals surface area contributed by atoms with Crippen molar-refractivity contribution in [3.8, 4) is 0 Å². The van der Waals surface area contributed by atoms with Crippen molar-refractivity contribution < 1.29 is 4.79 Å². The van der Waals surface area contributed by atoms with Crippen LogP contribution in [0, 0.1) is 5.41 Å². The normalized spacial score (nSPS) is 13.2. The molecule has 5 nitrogen and oxygen atoms in total. The Labute approximate surface area is 112 Å². The lowest BCUT2D eigenvalue weighted by molar-refractivity contribution is 0.1000. The summed E-state index contributed by atoms with van der Waals surface area (Å²) in [7, 11) is 0. The fraction of sp³-hybridized carbons (Fsp3) is 0.583. The maximum Gasteiger partial charge on any atom is 0.254 e. The van der Waals surface area contributed by atoms with Crippen LogP contribution in [0.5, 0.6) is 0 Å². The van der Waals surface area contributed by atoms with Gasteiger partial charge in [-0.05, 0) is 23.4 Å². The molecular weight excluding hydrogens is 252 g/mol. The fourth-order valence-corrected chi connectivity index (χ4v) is 1.88. The minimum absolute atomic E-state index is 0.0289. The summed E-state index contributed by atoms with van der Waals surface area (Å²) in [5.41, 5.74) is 5.57. The molecule has 3 N–H and O–H groups in total. The lowest BCUT2D eigenvalue weighted by atomic mass is 9.85. The third-order valence-corrected chi connectivity index (χ3v) is 2.97. The van der Waals surface area contributed by atoms with E-state index >= 15 is 0 Å². The van der Waals surface area contributed by atoms with E-state index < -0.39 is 5.91 Å². The number of nitrogens with one attached hydrogen (secondary N) is 1. The van der Waals surface area contributed by atoms with Crippen molar-refractivity contribution in [1.82, 2.24) is 9.97 Å². The van der Waals surface area contributed by atoms with Crippen LogP contribution >= 0.6 is 11.6 Å². The SMILES string of the molecule is CC[C@@H](Nc1nc(Cl)ncc1C(N)=O)C(C)(C)C. The quantitative estimate of drug-likeness (QED) is 0.824. The van der Waals surface area contributed by atoms with Crippen LogP contribution in [0.1, 0.15) is 44.5 Å². The van der Waals surface area contributed by atoms with Crippen molar-refractivity contribution in [2.24, 2.45) is 11.1 Å². The van der Waals surface area contributed by atoms with Gasteiger partial charge in [0.25, 0.3) is 5.91 Å². The van der Waals surface area contributed by atoms with Crippen LogP contribution in [0.25, 0.3) is 0 Å². The molecule has 0 saturated heterocycles. The van der Waals surface area contributed by atoms with Crippen molar-refractivity contribution in [1.29, 1.82) is 0 Å². The molecule has 0 aromatic carbocycles. The second kappa shape index (κ2) is 5.52. The number of halogens is 1. The highest BCUT2D eigenvalue weighted by molar-refractivity contribution is 6.28. The van der Waals surface area contributed by atoms with E-state index in [9.17, 15) is 4.79 Å². The van der Waals surface area contributed by atoms with E-state index in [1.807, 2.05) is 0 Å². The number of anilines is 1. The van der Waals surface area contributed by atoms with Gasteiger partial charge >= 0.3 is 0 Å². The van der Waals surface area contributed by atoms with E-state index in [1.165, 1.54) is 6.20 Å². The number of carbonyl (C=O) groups is 1. The monoisotopic (exact) mass is 270 g/mol. The van der Waals surface area contributed by atoms with E-state index in [0.29, 0.717) is 5.82 Å². The van der Waals surface area contributed by atoms with Gasteiger partial charge in [-0.25, -0.2) is 4.98 Å². The van der Waals surface area contributed by atoms with E-state index in [4.69, 9.17) is 17.3 Å². The molecule has 1 amide bonds. The lowest BCUT2D eigenvalue weighted by Crippen LogP contribution is -2.34. The molecule has 0 unspecified atom stereocenters. The molecule has 0 aliphatic heterocycles. The molecule has 0 bridgehead atoms. The molecule has 18 heavy (non-hydrogen) atoms. The first-order valence-electron chi connectivity index (χ1n) is 5.84. The van der Waals surface area contributed by atoms with E-state index in [1.54, 1.807) is 0 Å². The van der Waals surface area contributed by atoms with Crippen LogP contribution in [0.3, 0.4) is 0 Å². The van der Waals surface area contributed by atoms with Gasteiger partial charge < -0.3 is 11.1 Å². The summed E-state index contributed by atoms with van der Waals surface area (Å²) < 4.78 is 0. The Hall–Kier alpha value is -1.36. The summed E-state index contributed by atoms with van der Waals surface area (Å²) in [5.74, 6) is -0.179. The number of carbonyl (C=O) groups excluding carboxylic acids is 1. The summed E-state index contributed by atoms with van der Waals surface area (Å²) in [6, 6.07) is 0.154. The molecule has 1 atom stereocenters. The molecule has 0 radical (unpaired) electrons. The summed E-state index contributed by atoms with van der Waals surface area (Å²) in [6.07, 6.45) is 2.23. The van der Waals surface area contributed by atoms with Crippen molar-refractivity contribution in [2.75, 3.05) is 5.32 Å². The zero-order valence-corrected chi connectivity index (χ0v) is 11.9. The zero-order valence-electron chi connectivity index (χ0n) is 11.1. The minimum Gasteiger partial charge on any atom is -0.366 e. The maximum atomic E-state index is 11.3. The van der Waals surface area contributed by atoms with Crippen molar-refractivity contribution in [2.45, 2.75) is 40.2 Å². The molecular formula is C12H19ClN4O. The summed E-state index contributed by atoms with van der Waals surface area (Å²) in [5, 5.41) is 3.31. The van der Waals surface area contributed by atoms with Gasteiger partial charge in [-0.3, -0.25) is 4.79 Å². The number of amides is 1. The standard InChI is InChI=1S/C12H19ClN4O/c1-5-8(12(2,3)4)16-10-7(9(14)18)6-15-11(13)17-10/h6,8H,5H2,1-4H3,(H2,14,18)(H,15,16,17)/t8-/m1/s1. The Morgan fingerprint density at radius 2 is 2.17 bits per heavy atom. The third-order valence-electron chi connectivity index (χ3n) is 2.79. The van der Waals surface area contributed by atoms with Crippen molar-refractivity contribution >= 4 is 23.3 Å². The molecule has 100 valence electrons. The van der Waals surface area contributed by atoms with Crippen molar-refractivity contribution in [3.05, 3.63) is 17.0 Å². The number of rotatable bonds is 4. The van der Waals surface area contributed by atoms with Gasteiger partial charge in [0.2, 0.25) is 5.28 Å². The second-order valence-electron chi connectivity index (χ2n) is 5.24. The number of aromatic nitrogens is 2. The average molecular weight is 271 g/mol. The molecule has 1 heterocycles. The molecule has 1 rings (SSSR count). The molecule has 0 saturated carbocycles. The smallest absolute Gasteiger partial charge is 0.254 e. The average Bonchev–Trinajstić information content (AvgIpc) is 2.23. The summed E-state index contributed by atoms with van der Waals surface area (Å²) in [4.78, 5) is 19.1. The summed E-state index contributed by atoms with van der Waals surface area (Å²) in [6.45, 7) is 8.40. The first kappa shape index (κ1) is 14.7. The summed E-state index contributed by atoms with van der Waals surface area (Å²) >= 11 is 5.75. The number of hydrogen-bond acceptors (Lipinski definition) is 4. The molecule has 1 aromatic rings. The Balaban J connectivity index is 3.09. The van der Waals surface area contributed by atoms with Gasteiger partial charge in [0.05, 0.1) is 5.56 Å². The first-order valence-corrected chi connectivity index (χ1v) is 6.22. The predicted molar refractivity (Wildman–Crippen MR) is 72.7 cm³/mol. The van der Waals surface area contributed by atoms with Crippen LogP contribution in [0.15, 0.2) is 6.20 Å². The Bertz CT molecular complexity index is 442. The number of hydrogen-bond donors (Lipinski definition) is 2. The van der Waals surface area contributed by atoms with E-state index in [-0.39, 0.29) is 22.3 Å². The van der Waals surface area contributed by atoms with Crippen molar-refractivity contribution in [3.63, 3.8) is 0 Å². The van der Waals surface area contributed by atoms with Crippen LogP contribution in [0.4, 0.5) is 5.82 Å². The third kappa shape index (κ3) is 3.57. The lowest BCUT2D eigenvalue weighted by Gasteiger charge is -2.31. The Morgan fingerprint density at radius 1 is 1.56 bits per heavy atom. The predicted octanol–water partition coefficient (Wildman–Crippen LogP) is 2.47. The topological polar surface area (TPSA) is 80.9 Å². The van der Waals surface area contributed by atoms with Gasteiger partial charge in [-0.15, -0.1) is 0 Å². The number of nitrogens with two attached hydrogens (primary N) is 1. The molecule has 1 aromatic heterocycles. The van der Waals surface area contributed by atoms with Gasteiger partial charge in [0.1, 0.15) is 5.82 Å². The Morgan fingerprint density at radius 3 is 2.61 bits per heavy atom. The highest BCUT2D eigenvalue weighted by Crippen LogP contribution is 2.26. The van der Waals surface area contributed by atoms with Crippen LogP contribution in [0.2, 0.25) is 5.28 Å². The molecule has 0 aliphatic carbocycles. The molecule has 0 fully saturated rings. The van der Waals surface area contributed by atoms with Gasteiger partial charge in [0.15, 0.2) is 0 Å². The second-order valence-corrected chi connectivity index (χ2v) is 5.57. The zero-order chi connectivity index (χ0) is 13.9. The van der Waals surface area contributed by atoms with Crippen LogP contribution in [-0.4, -0.2) is 21.9 Å². The van der Waals surface area contributed by atoms with Gasteiger partial charge in [0, 0.05) is 12.2 Å². The van der Waals surface area contributed by atoms with Crippen LogP contribution < -0.4 is 11.1 Å². The van der Waals surface area contributed by atoms with Crippen LogP contribution in [-0.2, 0) is 0 Å². The molecule has 6 heteroatoms. The first-order chi connectivity index (χ1) is 8.25. The highest BCUT2D eigenvalue weighted by atomic mass is 35.5. The van der Waals surface area contributed by atoms with Gasteiger partial charge in [-0.1, -0.05) is 27.7 Å². The minimum atomic E-state index is -0.571. The number of nitrogens with zero attached hydrogens (tertiary/aromatic N) is 2. The van der Waals surface area contributed by atoms with Gasteiger partial charge in [-0.2, -0.15) is 4.98 Å². The number of primary amides is 1. The Kier molecular flexibility index (Phi) is 4.51. The largest absolute Gasteiger partial charge is 0.366 e.